The number of piperidine rings is 1. The highest BCUT2D eigenvalue weighted by Crippen LogP contribution is 2.31. The number of carbonyl (C=O) groups excluding carboxylic acids is 1. The van der Waals surface area contributed by atoms with Crippen molar-refractivity contribution in [3.05, 3.63) is 53.6 Å². The number of rotatable bonds is 3. The van der Waals surface area contributed by atoms with E-state index in [4.69, 9.17) is 4.74 Å². The smallest absolute Gasteiger partial charge is 0.321 e. The fraction of sp³-hybridized carbons (Fsp3) is 0.333. The first kappa shape index (κ1) is 17.8. The van der Waals surface area contributed by atoms with Crippen molar-refractivity contribution in [2.75, 3.05) is 18.4 Å². The van der Waals surface area contributed by atoms with E-state index >= 15 is 0 Å². The Morgan fingerprint density at radius 3 is 2.59 bits per heavy atom. The second-order valence-corrected chi connectivity index (χ2v) is 8.00. The summed E-state index contributed by atoms with van der Waals surface area (Å²) in [6.07, 6.45) is 1.74. The molecule has 1 N–H and O–H groups in total. The number of urea groups is 1. The minimum absolute atomic E-state index is 0.0482. The van der Waals surface area contributed by atoms with Crippen molar-refractivity contribution in [2.24, 2.45) is 0 Å². The number of hydrogen-bond acceptors (Lipinski definition) is 4. The molecule has 140 valence electrons. The van der Waals surface area contributed by atoms with Gasteiger partial charge in [-0.3, -0.25) is 0 Å². The lowest BCUT2D eigenvalue weighted by Gasteiger charge is -2.31. The number of carbonyl (C=O) groups is 1. The standard InChI is InChI=1S/C21H23N3O2S/c1-14-6-8-16(9-7-14)22-20(25)24-12-10-17(11-13-24)26-21-23-19-15(2)4-3-5-18(19)27-21/h3-9,17H,10-13H2,1-2H3,(H,22,25). The monoisotopic (exact) mass is 381 g/mol. The predicted molar refractivity (Wildman–Crippen MR) is 110 cm³/mol. The van der Waals surface area contributed by atoms with Crippen molar-refractivity contribution in [1.82, 2.24) is 9.88 Å². The van der Waals surface area contributed by atoms with Crippen LogP contribution >= 0.6 is 11.3 Å². The highest BCUT2D eigenvalue weighted by molar-refractivity contribution is 7.20. The van der Waals surface area contributed by atoms with Gasteiger partial charge in [0.1, 0.15) is 6.10 Å². The van der Waals surface area contributed by atoms with Crippen molar-refractivity contribution in [2.45, 2.75) is 32.8 Å². The van der Waals surface area contributed by atoms with Gasteiger partial charge in [-0.15, -0.1) is 0 Å². The van der Waals surface area contributed by atoms with Gasteiger partial charge in [-0.05, 0) is 37.6 Å². The molecule has 0 saturated carbocycles. The number of anilines is 1. The van der Waals surface area contributed by atoms with E-state index in [-0.39, 0.29) is 12.1 Å². The maximum Gasteiger partial charge on any atom is 0.321 e. The molecule has 0 spiro atoms. The maximum absolute atomic E-state index is 12.4. The number of amides is 2. The zero-order valence-electron chi connectivity index (χ0n) is 15.6. The van der Waals surface area contributed by atoms with Crippen LogP contribution in [0.5, 0.6) is 5.19 Å². The average molecular weight is 382 g/mol. The molecule has 0 bridgehead atoms. The van der Waals surface area contributed by atoms with Crippen molar-refractivity contribution in [3.8, 4) is 5.19 Å². The first-order chi connectivity index (χ1) is 13.1. The Bertz CT molecular complexity index is 944. The molecular weight excluding hydrogens is 358 g/mol. The molecule has 1 saturated heterocycles. The number of thiazole rings is 1. The number of nitrogens with one attached hydrogen (secondary N) is 1. The molecule has 1 aliphatic heterocycles. The number of fused-ring (bicyclic) bond motifs is 1. The van der Waals surface area contributed by atoms with E-state index in [0.29, 0.717) is 13.1 Å². The summed E-state index contributed by atoms with van der Waals surface area (Å²) in [6.45, 7) is 5.47. The summed E-state index contributed by atoms with van der Waals surface area (Å²) in [6, 6.07) is 14.0. The van der Waals surface area contributed by atoms with Crippen LogP contribution in [0.4, 0.5) is 10.5 Å². The Hall–Kier alpha value is -2.60. The molecule has 0 atom stereocenters. The van der Waals surface area contributed by atoms with Crippen LogP contribution in [-0.2, 0) is 0 Å². The topological polar surface area (TPSA) is 54.5 Å². The molecule has 0 radical (unpaired) electrons. The molecule has 2 heterocycles. The molecule has 3 aromatic rings. The lowest BCUT2D eigenvalue weighted by atomic mass is 10.1. The van der Waals surface area contributed by atoms with E-state index in [2.05, 4.69) is 29.4 Å². The van der Waals surface area contributed by atoms with Crippen molar-refractivity contribution >= 4 is 33.3 Å². The largest absolute Gasteiger partial charge is 0.467 e. The number of benzene rings is 2. The highest BCUT2D eigenvalue weighted by atomic mass is 32.1. The summed E-state index contributed by atoms with van der Waals surface area (Å²) in [5.41, 5.74) is 4.19. The highest BCUT2D eigenvalue weighted by Gasteiger charge is 2.25. The van der Waals surface area contributed by atoms with E-state index in [1.807, 2.05) is 42.2 Å². The molecule has 5 nitrogen and oxygen atoms in total. The fourth-order valence-corrected chi connectivity index (χ4v) is 4.23. The quantitative estimate of drug-likeness (QED) is 0.695. The second kappa shape index (κ2) is 7.56. The minimum Gasteiger partial charge on any atom is -0.467 e. The molecule has 27 heavy (non-hydrogen) atoms. The van der Waals surface area contributed by atoms with Gasteiger partial charge >= 0.3 is 6.03 Å². The van der Waals surface area contributed by atoms with Gasteiger partial charge in [0.15, 0.2) is 0 Å². The molecule has 2 amide bonds. The Labute approximate surface area is 163 Å². The van der Waals surface area contributed by atoms with Crippen LogP contribution in [0.1, 0.15) is 24.0 Å². The van der Waals surface area contributed by atoms with E-state index < -0.39 is 0 Å². The SMILES string of the molecule is Cc1ccc(NC(=O)N2CCC(Oc3nc4c(C)cccc4s3)CC2)cc1. The van der Waals surface area contributed by atoms with Gasteiger partial charge in [0, 0.05) is 31.6 Å². The van der Waals surface area contributed by atoms with Crippen LogP contribution in [-0.4, -0.2) is 35.1 Å². The van der Waals surface area contributed by atoms with Gasteiger partial charge in [0.05, 0.1) is 10.2 Å². The van der Waals surface area contributed by atoms with E-state index in [1.54, 1.807) is 11.3 Å². The molecule has 1 fully saturated rings. The van der Waals surface area contributed by atoms with Gasteiger partial charge in [0.25, 0.3) is 5.19 Å². The normalized spacial score (nSPS) is 15.1. The Morgan fingerprint density at radius 2 is 1.89 bits per heavy atom. The van der Waals surface area contributed by atoms with Gasteiger partial charge in [-0.2, -0.15) is 0 Å². The summed E-state index contributed by atoms with van der Waals surface area (Å²) in [5.74, 6) is 0. The summed E-state index contributed by atoms with van der Waals surface area (Å²) in [4.78, 5) is 18.9. The van der Waals surface area contributed by atoms with E-state index in [1.165, 1.54) is 11.1 Å². The Balaban J connectivity index is 1.32. The third kappa shape index (κ3) is 4.06. The maximum atomic E-state index is 12.4. The third-order valence-corrected chi connectivity index (χ3v) is 5.81. The van der Waals surface area contributed by atoms with Gasteiger partial charge < -0.3 is 15.0 Å². The van der Waals surface area contributed by atoms with Crippen LogP contribution < -0.4 is 10.1 Å². The van der Waals surface area contributed by atoms with Crippen LogP contribution in [0.3, 0.4) is 0 Å². The van der Waals surface area contributed by atoms with Gasteiger partial charge in [-0.25, -0.2) is 9.78 Å². The zero-order valence-corrected chi connectivity index (χ0v) is 16.4. The summed E-state index contributed by atoms with van der Waals surface area (Å²) < 4.78 is 7.26. The molecule has 1 aromatic heterocycles. The lowest BCUT2D eigenvalue weighted by molar-refractivity contribution is 0.115. The first-order valence-electron chi connectivity index (χ1n) is 9.24. The number of aromatic nitrogens is 1. The molecular formula is C21H23N3O2S. The number of hydrogen-bond donors (Lipinski definition) is 1. The predicted octanol–water partition coefficient (Wildman–Crippen LogP) is 4.99. The Kier molecular flexibility index (Phi) is 4.99. The Morgan fingerprint density at radius 1 is 1.15 bits per heavy atom. The van der Waals surface area contributed by atoms with Crippen molar-refractivity contribution in [1.29, 1.82) is 0 Å². The number of aryl methyl sites for hydroxylation is 2. The van der Waals surface area contributed by atoms with Gasteiger partial charge in [0.2, 0.25) is 0 Å². The van der Waals surface area contributed by atoms with Crippen molar-refractivity contribution in [3.63, 3.8) is 0 Å². The van der Waals surface area contributed by atoms with E-state index in [0.717, 1.165) is 33.9 Å². The van der Waals surface area contributed by atoms with Crippen LogP contribution in [0.2, 0.25) is 0 Å². The number of ether oxygens (including phenoxy) is 1. The first-order valence-corrected chi connectivity index (χ1v) is 10.1. The average Bonchev–Trinajstić information content (AvgIpc) is 3.08. The number of likely N-dealkylation sites (tertiary alicyclic amines) is 1. The third-order valence-electron chi connectivity index (χ3n) is 4.90. The second-order valence-electron chi connectivity index (χ2n) is 7.00. The molecule has 0 unspecified atom stereocenters. The molecule has 2 aromatic carbocycles. The van der Waals surface area contributed by atoms with Crippen LogP contribution in [0.15, 0.2) is 42.5 Å². The molecule has 0 aliphatic carbocycles. The van der Waals surface area contributed by atoms with Crippen LogP contribution in [0, 0.1) is 13.8 Å². The van der Waals surface area contributed by atoms with E-state index in [9.17, 15) is 4.79 Å². The minimum atomic E-state index is -0.0482. The lowest BCUT2D eigenvalue weighted by Crippen LogP contribution is -2.43. The fourth-order valence-electron chi connectivity index (χ4n) is 3.28. The zero-order chi connectivity index (χ0) is 18.8. The molecule has 6 heteroatoms. The van der Waals surface area contributed by atoms with Gasteiger partial charge in [-0.1, -0.05) is 41.2 Å². The van der Waals surface area contributed by atoms with Crippen molar-refractivity contribution < 1.29 is 9.53 Å². The molecule has 4 rings (SSSR count). The van der Waals surface area contributed by atoms with Crippen LogP contribution in [0.25, 0.3) is 10.2 Å². The molecule has 1 aliphatic rings. The summed E-state index contributed by atoms with van der Waals surface area (Å²) >= 11 is 1.59. The number of nitrogens with zero attached hydrogens (tertiary/aromatic N) is 2. The summed E-state index contributed by atoms with van der Waals surface area (Å²) in [5, 5.41) is 3.69. The number of para-hydroxylation sites is 1. The summed E-state index contributed by atoms with van der Waals surface area (Å²) in [7, 11) is 0.